The second-order valence-electron chi connectivity index (χ2n) is 6.08. The van der Waals surface area contributed by atoms with Gasteiger partial charge in [0.15, 0.2) is 0 Å². The lowest BCUT2D eigenvalue weighted by Gasteiger charge is -2.17. The first-order valence-corrected chi connectivity index (χ1v) is 8.02. The first kappa shape index (κ1) is 17.3. The van der Waals surface area contributed by atoms with Crippen molar-refractivity contribution in [2.75, 3.05) is 0 Å². The smallest absolute Gasteiger partial charge is 0.254 e. The Kier molecular flexibility index (Phi) is 5.60. The van der Waals surface area contributed by atoms with Crippen molar-refractivity contribution in [2.45, 2.75) is 58.7 Å². The Morgan fingerprint density at radius 1 is 1.43 bits per heavy atom. The second kappa shape index (κ2) is 7.46. The molecule has 2 atom stereocenters. The molecule has 0 aromatic carbocycles. The first-order chi connectivity index (χ1) is 10.9. The summed E-state index contributed by atoms with van der Waals surface area (Å²) in [6.45, 7) is 8.61. The lowest BCUT2D eigenvalue weighted by Crippen LogP contribution is -2.34. The average molecular weight is 319 g/mol. The number of aliphatic hydroxyl groups is 1. The fourth-order valence-corrected chi connectivity index (χ4v) is 2.49. The lowest BCUT2D eigenvalue weighted by molar-refractivity contribution is 0.0902. The number of nitrogens with zero attached hydrogens (tertiary/aromatic N) is 2. The quantitative estimate of drug-likeness (QED) is 0.822. The Labute approximate surface area is 136 Å². The van der Waals surface area contributed by atoms with E-state index in [9.17, 15) is 9.90 Å². The van der Waals surface area contributed by atoms with E-state index in [4.69, 9.17) is 4.42 Å². The summed E-state index contributed by atoms with van der Waals surface area (Å²) in [4.78, 5) is 12.5. The first-order valence-electron chi connectivity index (χ1n) is 8.02. The summed E-state index contributed by atoms with van der Waals surface area (Å²) in [6.07, 6.45) is 2.96. The molecule has 0 fully saturated rings. The highest BCUT2D eigenvalue weighted by Gasteiger charge is 2.21. The zero-order valence-electron chi connectivity index (χ0n) is 14.1. The molecule has 0 aliphatic heterocycles. The maximum atomic E-state index is 12.5. The molecular formula is C17H25N3O3. The van der Waals surface area contributed by atoms with Crippen LogP contribution >= 0.6 is 0 Å². The van der Waals surface area contributed by atoms with Gasteiger partial charge in [-0.15, -0.1) is 0 Å². The van der Waals surface area contributed by atoms with Gasteiger partial charge in [0.2, 0.25) is 0 Å². The van der Waals surface area contributed by atoms with Gasteiger partial charge in [0.25, 0.3) is 5.91 Å². The zero-order valence-corrected chi connectivity index (χ0v) is 14.1. The molecule has 0 saturated heterocycles. The summed E-state index contributed by atoms with van der Waals surface area (Å²) in [7, 11) is 0. The Balaban J connectivity index is 2.02. The molecule has 2 N–H and O–H groups in total. The molecule has 23 heavy (non-hydrogen) atoms. The topological polar surface area (TPSA) is 80.3 Å². The van der Waals surface area contributed by atoms with Crippen molar-refractivity contribution in [3.05, 3.63) is 41.6 Å². The van der Waals surface area contributed by atoms with E-state index in [0.717, 1.165) is 12.2 Å². The van der Waals surface area contributed by atoms with Crippen LogP contribution in [-0.4, -0.2) is 26.8 Å². The van der Waals surface area contributed by atoms with Crippen LogP contribution < -0.4 is 5.32 Å². The van der Waals surface area contributed by atoms with Crippen molar-refractivity contribution in [2.24, 2.45) is 0 Å². The highest BCUT2D eigenvalue weighted by Crippen LogP contribution is 2.20. The van der Waals surface area contributed by atoms with Gasteiger partial charge in [-0.25, -0.2) is 0 Å². The summed E-state index contributed by atoms with van der Waals surface area (Å²) >= 11 is 0. The van der Waals surface area contributed by atoms with E-state index in [0.29, 0.717) is 17.7 Å². The minimum Gasteiger partial charge on any atom is -0.467 e. The van der Waals surface area contributed by atoms with Crippen LogP contribution in [0.5, 0.6) is 0 Å². The van der Waals surface area contributed by atoms with Gasteiger partial charge >= 0.3 is 0 Å². The number of rotatable bonds is 7. The Bertz CT molecular complexity index is 632. The number of hydrogen-bond donors (Lipinski definition) is 2. The third-order valence-electron chi connectivity index (χ3n) is 3.73. The van der Waals surface area contributed by atoms with Crippen LogP contribution in [0.15, 0.2) is 29.0 Å². The summed E-state index contributed by atoms with van der Waals surface area (Å²) in [6, 6.07) is 3.27. The molecule has 0 aliphatic rings. The summed E-state index contributed by atoms with van der Waals surface area (Å²) < 4.78 is 6.95. The van der Waals surface area contributed by atoms with E-state index in [2.05, 4.69) is 10.4 Å². The fraction of sp³-hybridized carbons (Fsp3) is 0.529. The van der Waals surface area contributed by atoms with E-state index in [1.54, 1.807) is 23.0 Å². The van der Waals surface area contributed by atoms with E-state index in [1.165, 1.54) is 6.26 Å². The molecule has 6 heteroatoms. The lowest BCUT2D eigenvalue weighted by atomic mass is 10.0. The van der Waals surface area contributed by atoms with Gasteiger partial charge < -0.3 is 14.8 Å². The van der Waals surface area contributed by atoms with Crippen molar-refractivity contribution < 1.29 is 14.3 Å². The molecular weight excluding hydrogens is 294 g/mol. The predicted molar refractivity (Wildman–Crippen MR) is 87.2 cm³/mol. The molecule has 0 radical (unpaired) electrons. The maximum Gasteiger partial charge on any atom is 0.254 e. The number of aryl methyl sites for hydroxylation is 1. The van der Waals surface area contributed by atoms with Crippen molar-refractivity contribution in [1.82, 2.24) is 15.1 Å². The molecule has 2 aromatic heterocycles. The number of carbonyl (C=O) groups excluding carboxylic acids is 1. The van der Waals surface area contributed by atoms with Crippen LogP contribution in [0.4, 0.5) is 0 Å². The third kappa shape index (κ3) is 4.22. The highest BCUT2D eigenvalue weighted by atomic mass is 16.4. The Hall–Kier alpha value is -2.08. The molecule has 2 aromatic rings. The maximum absolute atomic E-state index is 12.5. The monoisotopic (exact) mass is 319 g/mol. The van der Waals surface area contributed by atoms with Gasteiger partial charge in [0.1, 0.15) is 11.9 Å². The fourth-order valence-electron chi connectivity index (χ4n) is 2.49. The second-order valence-corrected chi connectivity index (χ2v) is 6.08. The minimum atomic E-state index is -0.733. The number of aromatic nitrogens is 2. The summed E-state index contributed by atoms with van der Waals surface area (Å²) in [5, 5.41) is 17.5. The third-order valence-corrected chi connectivity index (χ3v) is 3.73. The minimum absolute atomic E-state index is 0.160. The molecule has 6 nitrogen and oxygen atoms in total. The van der Waals surface area contributed by atoms with Crippen LogP contribution in [0, 0.1) is 0 Å². The van der Waals surface area contributed by atoms with Crippen molar-refractivity contribution >= 4 is 5.91 Å². The number of aliphatic hydroxyl groups excluding tert-OH is 1. The Morgan fingerprint density at radius 3 is 2.74 bits per heavy atom. The van der Waals surface area contributed by atoms with E-state index in [-0.39, 0.29) is 17.9 Å². The number of furan rings is 1. The van der Waals surface area contributed by atoms with Crippen LogP contribution in [0.2, 0.25) is 0 Å². The largest absolute Gasteiger partial charge is 0.467 e. The van der Waals surface area contributed by atoms with Crippen LogP contribution in [0.1, 0.15) is 67.9 Å². The number of carbonyl (C=O) groups is 1. The standard InChI is InChI=1S/C17H25N3O3/c1-5-20-10-13(16(19-20)11(2)3)17(22)18-12(4)9-14(21)15-7-6-8-23-15/h6-8,10-12,14,21H,5,9H2,1-4H3,(H,18,22). The molecule has 126 valence electrons. The number of nitrogens with one attached hydrogen (secondary N) is 1. The molecule has 1 amide bonds. The molecule has 2 heterocycles. The van der Waals surface area contributed by atoms with Gasteiger partial charge in [0.05, 0.1) is 17.5 Å². The molecule has 0 bridgehead atoms. The van der Waals surface area contributed by atoms with Crippen molar-refractivity contribution in [3.63, 3.8) is 0 Å². The van der Waals surface area contributed by atoms with E-state index < -0.39 is 6.10 Å². The van der Waals surface area contributed by atoms with Gasteiger partial charge in [-0.3, -0.25) is 9.48 Å². The zero-order chi connectivity index (χ0) is 17.0. The molecule has 0 spiro atoms. The summed E-state index contributed by atoms with van der Waals surface area (Å²) in [5.41, 5.74) is 1.39. The van der Waals surface area contributed by atoms with Gasteiger partial charge in [0, 0.05) is 25.2 Å². The summed E-state index contributed by atoms with van der Waals surface area (Å²) in [5.74, 6) is 0.521. The van der Waals surface area contributed by atoms with Crippen LogP contribution in [-0.2, 0) is 6.54 Å². The van der Waals surface area contributed by atoms with Crippen LogP contribution in [0.25, 0.3) is 0 Å². The molecule has 2 unspecified atom stereocenters. The Morgan fingerprint density at radius 2 is 2.17 bits per heavy atom. The number of amides is 1. The normalized spacial score (nSPS) is 14.0. The van der Waals surface area contributed by atoms with Gasteiger partial charge in [-0.2, -0.15) is 5.10 Å². The van der Waals surface area contributed by atoms with Gasteiger partial charge in [-0.05, 0) is 31.9 Å². The molecule has 0 aliphatic carbocycles. The van der Waals surface area contributed by atoms with E-state index in [1.807, 2.05) is 27.7 Å². The predicted octanol–water partition coefficient (Wildman–Crippen LogP) is 2.86. The molecule has 0 saturated carbocycles. The average Bonchev–Trinajstić information content (AvgIpc) is 3.16. The van der Waals surface area contributed by atoms with E-state index >= 15 is 0 Å². The molecule has 2 rings (SSSR count). The van der Waals surface area contributed by atoms with Crippen LogP contribution in [0.3, 0.4) is 0 Å². The van der Waals surface area contributed by atoms with Gasteiger partial charge in [-0.1, -0.05) is 13.8 Å². The SMILES string of the molecule is CCn1cc(C(=O)NC(C)CC(O)c2ccco2)c(C(C)C)n1. The van der Waals surface area contributed by atoms with Crippen molar-refractivity contribution in [1.29, 1.82) is 0 Å². The van der Waals surface area contributed by atoms with Crippen molar-refractivity contribution in [3.8, 4) is 0 Å². The number of hydrogen-bond acceptors (Lipinski definition) is 4. The highest BCUT2D eigenvalue weighted by molar-refractivity contribution is 5.95.